The Hall–Kier alpha value is -2.87. The maximum atomic E-state index is 12.0. The molecule has 7 nitrogen and oxygen atoms in total. The number of aromatic hydroxyl groups is 1. The molecule has 2 aromatic carbocycles. The van der Waals surface area contributed by atoms with Crippen molar-refractivity contribution in [2.45, 2.75) is 0 Å². The largest absolute Gasteiger partial charge is 0.508 e. The molecule has 28 heavy (non-hydrogen) atoms. The van der Waals surface area contributed by atoms with Crippen LogP contribution in [0.3, 0.4) is 0 Å². The van der Waals surface area contributed by atoms with E-state index in [0.717, 1.165) is 5.56 Å². The zero-order chi connectivity index (χ0) is 19.8. The Bertz CT molecular complexity index is 954. The lowest BCUT2D eigenvalue weighted by Crippen LogP contribution is -2.14. The summed E-state index contributed by atoms with van der Waals surface area (Å²) in [6.45, 7) is 2.50. The highest BCUT2D eigenvalue weighted by Crippen LogP contribution is 2.37. The molecule has 0 aliphatic carbocycles. The summed E-state index contributed by atoms with van der Waals surface area (Å²) in [5.41, 5.74) is 6.64. The van der Waals surface area contributed by atoms with E-state index in [1.54, 1.807) is 0 Å². The van der Waals surface area contributed by atoms with Gasteiger partial charge in [-0.3, -0.25) is 0 Å². The van der Waals surface area contributed by atoms with E-state index in [1.165, 1.54) is 18.2 Å². The van der Waals surface area contributed by atoms with E-state index in [0.29, 0.717) is 49.7 Å². The van der Waals surface area contributed by atoms with Crippen molar-refractivity contribution >= 4 is 11.0 Å². The van der Waals surface area contributed by atoms with Crippen molar-refractivity contribution in [3.63, 3.8) is 0 Å². The van der Waals surface area contributed by atoms with Gasteiger partial charge in [0.15, 0.2) is 0 Å². The monoisotopic (exact) mass is 385 g/mol. The standard InChI is InChI=1S/C21H23NO6/c22-6-7-25-8-9-26-10-11-27-18-12-16(23)13-19-21(18)17(14-20(24)28-19)15-4-2-1-3-5-15/h1-5,12-14,23H,6-11,22H2. The minimum atomic E-state index is -0.497. The number of rotatable bonds is 10. The molecule has 0 unspecified atom stereocenters. The first kappa shape index (κ1) is 19.9. The smallest absolute Gasteiger partial charge is 0.336 e. The molecule has 0 aliphatic rings. The zero-order valence-corrected chi connectivity index (χ0v) is 15.4. The van der Waals surface area contributed by atoms with Crippen LogP contribution in [0.1, 0.15) is 0 Å². The minimum absolute atomic E-state index is 0.0491. The first-order valence-electron chi connectivity index (χ1n) is 9.03. The lowest BCUT2D eigenvalue weighted by atomic mass is 10.0. The summed E-state index contributed by atoms with van der Waals surface area (Å²) in [4.78, 5) is 12.0. The fraction of sp³-hybridized carbons (Fsp3) is 0.286. The maximum absolute atomic E-state index is 12.0. The fourth-order valence-corrected chi connectivity index (χ4v) is 2.82. The van der Waals surface area contributed by atoms with Gasteiger partial charge in [-0.05, 0) is 5.56 Å². The summed E-state index contributed by atoms with van der Waals surface area (Å²) in [6.07, 6.45) is 0. The molecule has 3 N–H and O–H groups in total. The number of ether oxygens (including phenoxy) is 3. The normalized spacial score (nSPS) is 11.0. The Morgan fingerprint density at radius 3 is 2.39 bits per heavy atom. The maximum Gasteiger partial charge on any atom is 0.336 e. The van der Waals surface area contributed by atoms with Crippen LogP contribution >= 0.6 is 0 Å². The van der Waals surface area contributed by atoms with Crippen molar-refractivity contribution in [2.24, 2.45) is 5.73 Å². The summed E-state index contributed by atoms with van der Waals surface area (Å²) in [6, 6.07) is 13.8. The number of nitrogens with two attached hydrogens (primary N) is 1. The molecule has 0 amide bonds. The lowest BCUT2D eigenvalue weighted by Gasteiger charge is -2.13. The van der Waals surface area contributed by atoms with Gasteiger partial charge in [0.2, 0.25) is 0 Å². The van der Waals surface area contributed by atoms with E-state index >= 15 is 0 Å². The molecule has 0 spiro atoms. The van der Waals surface area contributed by atoms with Crippen LogP contribution in [0.15, 0.2) is 57.7 Å². The number of hydrogen-bond donors (Lipinski definition) is 2. The third kappa shape index (κ3) is 5.10. The summed E-state index contributed by atoms with van der Waals surface area (Å²) in [5.74, 6) is 0.368. The third-order valence-electron chi connectivity index (χ3n) is 4.00. The Balaban J connectivity index is 1.79. The highest BCUT2D eigenvalue weighted by Gasteiger charge is 2.15. The van der Waals surface area contributed by atoms with E-state index in [-0.39, 0.29) is 17.9 Å². The third-order valence-corrected chi connectivity index (χ3v) is 4.00. The Morgan fingerprint density at radius 1 is 0.929 bits per heavy atom. The first-order valence-corrected chi connectivity index (χ1v) is 9.03. The summed E-state index contributed by atoms with van der Waals surface area (Å²) >= 11 is 0. The van der Waals surface area contributed by atoms with Crippen molar-refractivity contribution in [2.75, 3.05) is 39.6 Å². The number of fused-ring (bicyclic) bond motifs is 1. The molecule has 148 valence electrons. The van der Waals surface area contributed by atoms with Crippen LogP contribution in [-0.4, -0.2) is 44.7 Å². The Morgan fingerprint density at radius 2 is 1.64 bits per heavy atom. The Labute approximate surface area is 162 Å². The van der Waals surface area contributed by atoms with Crippen LogP contribution in [0, 0.1) is 0 Å². The quantitative estimate of drug-likeness (QED) is 0.408. The molecule has 0 bridgehead atoms. The topological polar surface area (TPSA) is 104 Å². The SMILES string of the molecule is NCCOCCOCCOc1cc(O)cc2oc(=O)cc(-c3ccccc3)c12. The van der Waals surface area contributed by atoms with Crippen LogP contribution in [0.2, 0.25) is 0 Å². The summed E-state index contributed by atoms with van der Waals surface area (Å²) in [5, 5.41) is 10.6. The summed E-state index contributed by atoms with van der Waals surface area (Å²) in [7, 11) is 0. The van der Waals surface area contributed by atoms with Crippen molar-refractivity contribution in [1.29, 1.82) is 0 Å². The first-order chi connectivity index (χ1) is 13.7. The van der Waals surface area contributed by atoms with E-state index in [1.807, 2.05) is 30.3 Å². The van der Waals surface area contributed by atoms with E-state index in [2.05, 4.69) is 0 Å². The van der Waals surface area contributed by atoms with Gasteiger partial charge < -0.3 is 29.5 Å². The second-order valence-corrected chi connectivity index (χ2v) is 6.02. The number of benzene rings is 2. The van der Waals surface area contributed by atoms with Gasteiger partial charge in [-0.25, -0.2) is 4.79 Å². The van der Waals surface area contributed by atoms with Crippen molar-refractivity contribution in [1.82, 2.24) is 0 Å². The van der Waals surface area contributed by atoms with Gasteiger partial charge >= 0.3 is 5.63 Å². The molecule has 0 radical (unpaired) electrons. The fourth-order valence-electron chi connectivity index (χ4n) is 2.82. The molecule has 0 saturated carbocycles. The average Bonchev–Trinajstić information content (AvgIpc) is 2.69. The second-order valence-electron chi connectivity index (χ2n) is 6.02. The Kier molecular flexibility index (Phi) is 7.02. The average molecular weight is 385 g/mol. The van der Waals surface area contributed by atoms with E-state index < -0.39 is 5.63 Å². The zero-order valence-electron chi connectivity index (χ0n) is 15.4. The summed E-state index contributed by atoms with van der Waals surface area (Å²) < 4.78 is 21.8. The number of phenols is 1. The van der Waals surface area contributed by atoms with Crippen molar-refractivity contribution in [3.8, 4) is 22.6 Å². The molecule has 1 heterocycles. The van der Waals surface area contributed by atoms with Gasteiger partial charge in [-0.1, -0.05) is 30.3 Å². The van der Waals surface area contributed by atoms with Crippen LogP contribution in [0.4, 0.5) is 0 Å². The van der Waals surface area contributed by atoms with Gasteiger partial charge in [-0.2, -0.15) is 0 Å². The van der Waals surface area contributed by atoms with Gasteiger partial charge in [-0.15, -0.1) is 0 Å². The molecule has 7 heteroatoms. The van der Waals surface area contributed by atoms with Gasteiger partial charge in [0.05, 0.1) is 31.8 Å². The molecule has 0 aliphatic heterocycles. The molecule has 0 atom stereocenters. The number of hydrogen-bond acceptors (Lipinski definition) is 7. The molecule has 3 rings (SSSR count). The van der Waals surface area contributed by atoms with Gasteiger partial charge in [0, 0.05) is 30.3 Å². The highest BCUT2D eigenvalue weighted by molar-refractivity contribution is 5.98. The van der Waals surface area contributed by atoms with Gasteiger partial charge in [0.1, 0.15) is 23.7 Å². The van der Waals surface area contributed by atoms with Crippen LogP contribution in [0.25, 0.3) is 22.1 Å². The molecule has 0 saturated heterocycles. The molecular weight excluding hydrogens is 362 g/mol. The van der Waals surface area contributed by atoms with Crippen LogP contribution in [0.5, 0.6) is 11.5 Å². The van der Waals surface area contributed by atoms with Gasteiger partial charge in [0.25, 0.3) is 0 Å². The predicted octanol–water partition coefficient (Wildman–Crippen LogP) is 2.54. The van der Waals surface area contributed by atoms with Crippen molar-refractivity contribution in [3.05, 3.63) is 59.0 Å². The van der Waals surface area contributed by atoms with Crippen LogP contribution < -0.4 is 16.1 Å². The molecule has 1 aromatic heterocycles. The molecule has 3 aromatic rings. The molecular formula is C21H23NO6. The predicted molar refractivity (Wildman–Crippen MR) is 106 cm³/mol. The highest BCUT2D eigenvalue weighted by atomic mass is 16.5. The van der Waals surface area contributed by atoms with Crippen LogP contribution in [-0.2, 0) is 9.47 Å². The number of phenolic OH excluding ortho intramolecular Hbond substituents is 1. The van der Waals surface area contributed by atoms with E-state index in [9.17, 15) is 9.90 Å². The lowest BCUT2D eigenvalue weighted by molar-refractivity contribution is 0.0389. The minimum Gasteiger partial charge on any atom is -0.508 e. The van der Waals surface area contributed by atoms with E-state index in [4.69, 9.17) is 24.4 Å². The second kappa shape index (κ2) is 9.89. The van der Waals surface area contributed by atoms with Crippen molar-refractivity contribution < 1.29 is 23.7 Å². The molecule has 0 fully saturated rings.